The topological polar surface area (TPSA) is 508 Å². The van der Waals surface area contributed by atoms with Gasteiger partial charge in [-0.15, -0.1) is 0 Å². The molecule has 47 heteroatoms. The number of rotatable bonds is 12. The quantitative estimate of drug-likeness (QED) is 0.0474. The van der Waals surface area contributed by atoms with Gasteiger partial charge in [-0.3, -0.25) is 9.69 Å². The summed E-state index contributed by atoms with van der Waals surface area (Å²) in [7, 11) is 0. The smallest absolute Gasteiger partial charge is 0.383 e. The lowest BCUT2D eigenvalue weighted by Gasteiger charge is -2.08. The van der Waals surface area contributed by atoms with Crippen molar-refractivity contribution in [2.45, 2.75) is 27.7 Å². The summed E-state index contributed by atoms with van der Waals surface area (Å²) >= 11 is 0. The minimum absolute atomic E-state index is 0.0181. The highest BCUT2D eigenvalue weighted by Gasteiger charge is 2.34. The number of nitriles is 3. The summed E-state index contributed by atoms with van der Waals surface area (Å²) in [6, 6.07) is 55.1. The van der Waals surface area contributed by atoms with Gasteiger partial charge in [0.2, 0.25) is 64.1 Å². The van der Waals surface area contributed by atoms with Crippen molar-refractivity contribution >= 4 is 129 Å². The average molecular weight is 1980 g/mol. The highest BCUT2D eigenvalue weighted by atomic mass is 19.2. The third kappa shape index (κ3) is 17.1. The second-order valence-corrected chi connectivity index (χ2v) is 31.8. The zero-order valence-electron chi connectivity index (χ0n) is 75.4. The summed E-state index contributed by atoms with van der Waals surface area (Å²) in [4.78, 5) is 112. The first-order valence-corrected chi connectivity index (χ1v) is 43.0. The molecular weight excluding hydrogens is 1940 g/mol. The van der Waals surface area contributed by atoms with Crippen LogP contribution in [-0.4, -0.2) is 110 Å². The summed E-state index contributed by atoms with van der Waals surface area (Å²) in [6.45, 7) is 43.2. The van der Waals surface area contributed by atoms with E-state index in [0.29, 0.717) is 83.6 Å². The van der Waals surface area contributed by atoms with E-state index in [-0.39, 0.29) is 184 Å². The minimum Gasteiger partial charge on any atom is -0.460 e. The van der Waals surface area contributed by atoms with Crippen molar-refractivity contribution in [3.8, 4) is 158 Å². The van der Waals surface area contributed by atoms with E-state index < -0.39 is 69.6 Å². The van der Waals surface area contributed by atoms with Crippen molar-refractivity contribution in [2.24, 2.45) is 0 Å². The third-order valence-electron chi connectivity index (χ3n) is 22.0. The van der Waals surface area contributed by atoms with Crippen molar-refractivity contribution in [1.29, 1.82) is 15.8 Å². The second kappa shape index (κ2) is 36.8. The van der Waals surface area contributed by atoms with Gasteiger partial charge in [0.15, 0.2) is 114 Å². The van der Waals surface area contributed by atoms with Crippen LogP contribution in [0.25, 0.3) is 264 Å². The van der Waals surface area contributed by atoms with Crippen LogP contribution in [0, 0.1) is 135 Å². The van der Waals surface area contributed by atoms with Crippen LogP contribution in [0.4, 0.5) is 59.4 Å². The van der Waals surface area contributed by atoms with E-state index in [1.165, 1.54) is 48.5 Å². The first-order chi connectivity index (χ1) is 72.3. The number of benzene rings is 11. The van der Waals surface area contributed by atoms with E-state index in [2.05, 4.69) is 140 Å². The van der Waals surface area contributed by atoms with E-state index >= 15 is 0 Å². The molecule has 0 aliphatic carbocycles. The molecule has 0 N–H and O–H groups in total. The molecule has 0 spiro atoms. The molecule has 0 saturated heterocycles. The van der Waals surface area contributed by atoms with E-state index in [9.17, 15) is 46.5 Å². The fourth-order valence-corrected chi connectivity index (χ4v) is 15.0. The number of hydrogen-bond donors (Lipinski definition) is 0. The van der Waals surface area contributed by atoms with Crippen LogP contribution < -0.4 is 0 Å². The molecule has 0 aliphatic heterocycles. The Balaban J connectivity index is 0.000000113. The average Bonchev–Trinajstić information content (AvgIpc) is 1.02. The van der Waals surface area contributed by atoms with Gasteiger partial charge in [-0.1, -0.05) is 66.7 Å². The number of hydrogen-bond acceptors (Lipinski definition) is 35. The van der Waals surface area contributed by atoms with Crippen molar-refractivity contribution < 1.29 is 74.9 Å². The molecular formula is C102H41F7N30O10. The van der Waals surface area contributed by atoms with Crippen molar-refractivity contribution in [2.75, 3.05) is 0 Å². The maximum atomic E-state index is 14.8. The molecule has 0 atom stereocenters. The predicted octanol–water partition coefficient (Wildman–Crippen LogP) is 24.3. The summed E-state index contributed by atoms with van der Waals surface area (Å²) in [5, 5.41) is 27.9. The van der Waals surface area contributed by atoms with E-state index in [0.717, 1.165) is 11.1 Å². The number of aromatic nitrogens is 22. The van der Waals surface area contributed by atoms with Gasteiger partial charge in [-0.25, -0.2) is 110 Å². The van der Waals surface area contributed by atoms with Crippen LogP contribution in [0.5, 0.6) is 0 Å². The lowest BCUT2D eigenvalue weighted by molar-refractivity contribution is 0.380. The number of nitrogens with zero attached hydrogens (tertiary/aromatic N) is 30. The zero-order valence-corrected chi connectivity index (χ0v) is 75.4. The number of oxazole rings is 10. The van der Waals surface area contributed by atoms with Crippen LogP contribution in [0.3, 0.4) is 0 Å². The summed E-state index contributed by atoms with van der Waals surface area (Å²) in [6.07, 6.45) is 0. The van der Waals surface area contributed by atoms with Crippen molar-refractivity contribution in [1.82, 2.24) is 110 Å². The molecule has 25 rings (SSSR count). The number of fused-ring (bicyclic) bond motifs is 9. The maximum absolute atomic E-state index is 14.8. The van der Waals surface area contributed by atoms with Gasteiger partial charge >= 0.3 is 5.88 Å². The molecule has 11 aromatic carbocycles. The number of aryl methyl sites for hydroxylation is 4. The highest BCUT2D eigenvalue weighted by Crippen LogP contribution is 2.43. The van der Waals surface area contributed by atoms with Crippen molar-refractivity contribution in [3.63, 3.8) is 0 Å². The summed E-state index contributed by atoms with van der Waals surface area (Å²) < 4.78 is 158. The normalized spacial score (nSPS) is 11.1. The van der Waals surface area contributed by atoms with Crippen LogP contribution in [0.1, 0.15) is 39.1 Å². The molecule has 0 radical (unpaired) electrons. The first-order valence-electron chi connectivity index (χ1n) is 43.0. The second-order valence-electron chi connectivity index (χ2n) is 31.8. The Hall–Kier alpha value is -22.7. The van der Waals surface area contributed by atoms with Gasteiger partial charge in [0.25, 0.3) is 58.9 Å². The van der Waals surface area contributed by atoms with Crippen LogP contribution in [0.2, 0.25) is 0 Å². The van der Waals surface area contributed by atoms with Gasteiger partial charge in [0.1, 0.15) is 55.9 Å². The Labute approximate surface area is 823 Å². The maximum Gasteiger partial charge on any atom is 0.383 e. The molecule has 149 heavy (non-hydrogen) atoms. The molecule has 0 saturated carbocycles. The summed E-state index contributed by atoms with van der Waals surface area (Å²) in [5.74, 6) is -14.6. The van der Waals surface area contributed by atoms with Crippen LogP contribution in [-0.2, 0) is 0 Å². The lowest BCUT2D eigenvalue weighted by Crippen LogP contribution is -2.08. The van der Waals surface area contributed by atoms with Crippen molar-refractivity contribution in [3.05, 3.63) is 313 Å². The highest BCUT2D eigenvalue weighted by molar-refractivity contribution is 5.91. The lowest BCUT2D eigenvalue weighted by atomic mass is 10.1. The Bertz CT molecular complexity index is 9780. The molecule has 0 fully saturated rings. The van der Waals surface area contributed by atoms with Gasteiger partial charge in [0.05, 0.1) is 72.7 Å². The monoisotopic (exact) mass is 1980 g/mol. The minimum atomic E-state index is -2.38. The molecule has 0 unspecified atom stereocenters. The molecule has 708 valence electrons. The first kappa shape index (κ1) is 91.4. The fourth-order valence-electron chi connectivity index (χ4n) is 15.0. The number of para-hydroxylation sites is 6. The fraction of sp³-hybridized carbons (Fsp3) is 0.0392. The summed E-state index contributed by atoms with van der Waals surface area (Å²) in [5.41, 5.74) is 9.02. The van der Waals surface area contributed by atoms with Gasteiger partial charge < -0.3 is 44.2 Å². The van der Waals surface area contributed by atoms with Gasteiger partial charge in [-0.05, 0) is 159 Å². The van der Waals surface area contributed by atoms with Gasteiger partial charge in [-0.2, -0.15) is 60.5 Å². The Kier molecular flexibility index (Phi) is 22.6. The molecule has 14 aromatic heterocycles. The molecule has 0 aliphatic rings. The standard InChI is InChI=1S/C27H7F5N8O2.C27H12N8O2.C24H10F2N8O3.C24H12N6O3/c1-9-4-15-13(5-10(9)8-33)36-26(41-15)24-38-23(17-18(28)20(30)22(32)21(31)19(17)29)39-25(40-24)27-37-14-6-11(34-2)12(35-3)7-16(14)42-27;1-14-9-21-19(10-16(14)13-28)31-26(36-21)24-33-23(15-7-5-4-6-8-15)34-25(35-24)27-32-20-11-17(29-2)18(30-3)12-22(20)37-27;1-9-4-11(25)16-13(6-9)29-22(35-16)18-32-19(23-30-14-7-10(2)5-12(26)17(14)36-23)34-20(33-18)24-31-15(8-27)21(28-3)37-24;1-4-10-16-13(7-1)25-22(31-16)19-28-20(23-26-14-8-2-5-11-17(14)32-23)30-21(29-19)24-27-15-9-3-6-12-18(15)33-24/h4-7H,1H3;4-12H,1H3;4-7H,1-2H3;1-12H. The number of halogens is 7. The Morgan fingerprint density at radius 2 is 0.523 bits per heavy atom. The predicted molar refractivity (Wildman–Crippen MR) is 507 cm³/mol. The van der Waals surface area contributed by atoms with Gasteiger partial charge in [0, 0.05) is 5.56 Å². The van der Waals surface area contributed by atoms with E-state index in [4.69, 9.17) is 77.0 Å². The van der Waals surface area contributed by atoms with E-state index in [1.807, 2.05) is 116 Å². The van der Waals surface area contributed by atoms with E-state index in [1.54, 1.807) is 51.1 Å². The molecule has 25 aromatic rings. The largest absolute Gasteiger partial charge is 0.460 e. The molecule has 14 heterocycles. The third-order valence-corrected chi connectivity index (χ3v) is 22.0. The zero-order chi connectivity index (χ0) is 103. The SMILES string of the molecule is [C-]#[N+]c1cc2nc(-c3nc(-c4ccccc4)nc(-c4nc5cc(C#N)c(C)cc5o4)n3)oc2cc1[N+]#[C-].[C-]#[N+]c1cc2nc(-c3nc(-c4nc5cc(C#N)c(C)cc5o4)nc(-c4c(F)c(F)c(F)c(F)c4F)n3)oc2cc1[N+]#[C-].[C-]#[N+]c1oc(-c2nc(-c3nc4cc(C)cc(F)c4o3)nc(-c3nc4cc(C)cc(F)c4o3)n2)nc1C#N.c1ccc2oc(-c3nc(-c4nc5ccccc5o4)nc(-c4nc5ccccc5o4)n3)nc2c1. The Morgan fingerprint density at radius 3 is 0.852 bits per heavy atom. The molecule has 0 amide bonds. The van der Waals surface area contributed by atoms with Crippen LogP contribution in [0.15, 0.2) is 220 Å². The van der Waals surface area contributed by atoms with Crippen LogP contribution >= 0.6 is 0 Å². The Morgan fingerprint density at radius 1 is 0.242 bits per heavy atom. The molecule has 0 bridgehead atoms. The molecule has 40 nitrogen and oxygen atoms in total.